The third-order valence-corrected chi connectivity index (χ3v) is 5.21. The van der Waals surface area contributed by atoms with Crippen LogP contribution in [-0.4, -0.2) is 47.7 Å². The fourth-order valence-corrected chi connectivity index (χ4v) is 3.59. The summed E-state index contributed by atoms with van der Waals surface area (Å²) in [5.41, 5.74) is 3.51. The maximum Gasteiger partial charge on any atom is 0.307 e. The minimum atomic E-state index is -0.257. The smallest absolute Gasteiger partial charge is 0.307 e. The summed E-state index contributed by atoms with van der Waals surface area (Å²) in [4.78, 5) is 27.6. The van der Waals surface area contributed by atoms with Crippen molar-refractivity contribution in [1.29, 1.82) is 0 Å². The predicted molar refractivity (Wildman–Crippen MR) is 116 cm³/mol. The molecule has 3 heterocycles. The van der Waals surface area contributed by atoms with Crippen molar-refractivity contribution in [2.24, 2.45) is 0 Å². The van der Waals surface area contributed by atoms with Gasteiger partial charge in [0.15, 0.2) is 5.82 Å². The highest BCUT2D eigenvalue weighted by Crippen LogP contribution is 2.24. The molecule has 4 rings (SSSR count). The van der Waals surface area contributed by atoms with Crippen LogP contribution < -0.4 is 10.2 Å². The van der Waals surface area contributed by atoms with E-state index in [0.717, 1.165) is 31.7 Å². The number of carbonyl (C=O) groups excluding carboxylic acids is 1. The number of nitrogens with zero attached hydrogens (tertiary/aromatic N) is 4. The fourth-order valence-electron chi connectivity index (χ4n) is 3.59. The van der Waals surface area contributed by atoms with E-state index in [0.29, 0.717) is 23.9 Å². The number of methoxy groups -OCH3 is 1. The Morgan fingerprint density at radius 1 is 1.07 bits per heavy atom. The minimum Gasteiger partial charge on any atom is -0.469 e. The first-order valence-electron chi connectivity index (χ1n) is 10.2. The Balaban J connectivity index is 1.59. The second kappa shape index (κ2) is 9.35. The summed E-state index contributed by atoms with van der Waals surface area (Å²) in [5.74, 6) is 1.84. The van der Waals surface area contributed by atoms with Crippen LogP contribution in [0.4, 0.5) is 11.6 Å². The summed E-state index contributed by atoms with van der Waals surface area (Å²) < 4.78 is 4.71. The molecule has 1 aliphatic rings. The lowest BCUT2D eigenvalue weighted by atomic mass is 10.0. The molecule has 0 fully saturated rings. The molecule has 1 aromatic carbocycles. The number of carbonyl (C=O) groups is 1. The van der Waals surface area contributed by atoms with Crippen molar-refractivity contribution >= 4 is 17.6 Å². The Morgan fingerprint density at radius 3 is 2.47 bits per heavy atom. The van der Waals surface area contributed by atoms with Crippen LogP contribution in [0.2, 0.25) is 0 Å². The van der Waals surface area contributed by atoms with Crippen molar-refractivity contribution in [3.63, 3.8) is 0 Å². The third-order valence-electron chi connectivity index (χ3n) is 5.21. The van der Waals surface area contributed by atoms with E-state index < -0.39 is 0 Å². The fraction of sp³-hybridized carbons (Fsp3) is 0.304. The van der Waals surface area contributed by atoms with Gasteiger partial charge in [0.25, 0.3) is 0 Å². The zero-order valence-electron chi connectivity index (χ0n) is 17.0. The Bertz CT molecular complexity index is 982. The Labute approximate surface area is 176 Å². The van der Waals surface area contributed by atoms with Crippen LogP contribution in [0, 0.1) is 0 Å². The van der Waals surface area contributed by atoms with Gasteiger partial charge in [0.05, 0.1) is 13.5 Å². The molecule has 0 radical (unpaired) electrons. The molecule has 1 N–H and O–H groups in total. The van der Waals surface area contributed by atoms with Gasteiger partial charge in [-0.25, -0.2) is 9.97 Å². The summed E-state index contributed by atoms with van der Waals surface area (Å²) in [6.45, 7) is 2.21. The lowest BCUT2D eigenvalue weighted by Gasteiger charge is -2.22. The highest BCUT2D eigenvalue weighted by molar-refractivity contribution is 5.70. The Morgan fingerprint density at radius 2 is 1.80 bits per heavy atom. The van der Waals surface area contributed by atoms with Crippen molar-refractivity contribution in [3.05, 3.63) is 65.9 Å². The standard InChI is InChI=1S/C23H25N5O2/c1-30-22(29)9-13-25-20-16-21(27-23(26-20)19-8-4-5-12-24-19)28-14-10-17-6-2-3-7-18(17)11-15-28/h2-8,12,16H,9-11,13-15H2,1H3,(H,25,26,27). The predicted octanol–water partition coefficient (Wildman–Crippen LogP) is 3.12. The SMILES string of the molecule is COC(=O)CCNc1cc(N2CCc3ccccc3CC2)nc(-c2ccccn2)n1. The summed E-state index contributed by atoms with van der Waals surface area (Å²) in [6, 6.07) is 16.2. The number of aromatic nitrogens is 3. The van der Waals surface area contributed by atoms with Crippen LogP contribution in [0.25, 0.3) is 11.5 Å². The number of benzene rings is 1. The van der Waals surface area contributed by atoms with Gasteiger partial charge in [-0.15, -0.1) is 0 Å². The van der Waals surface area contributed by atoms with Gasteiger partial charge in [-0.05, 0) is 36.1 Å². The van der Waals surface area contributed by atoms with E-state index in [4.69, 9.17) is 9.72 Å². The number of nitrogens with one attached hydrogen (secondary N) is 1. The molecule has 0 unspecified atom stereocenters. The van der Waals surface area contributed by atoms with Gasteiger partial charge in [0.1, 0.15) is 17.3 Å². The van der Waals surface area contributed by atoms with E-state index in [1.165, 1.54) is 18.2 Å². The third kappa shape index (κ3) is 4.74. The van der Waals surface area contributed by atoms with E-state index in [1.807, 2.05) is 24.3 Å². The molecule has 30 heavy (non-hydrogen) atoms. The van der Waals surface area contributed by atoms with E-state index in [1.54, 1.807) is 6.20 Å². The Hall–Kier alpha value is -3.48. The molecular weight excluding hydrogens is 378 g/mol. The van der Waals surface area contributed by atoms with Crippen LogP contribution in [0.3, 0.4) is 0 Å². The van der Waals surface area contributed by atoms with Crippen LogP contribution in [0.5, 0.6) is 0 Å². The molecule has 7 nitrogen and oxygen atoms in total. The largest absolute Gasteiger partial charge is 0.469 e. The summed E-state index contributed by atoms with van der Waals surface area (Å²) in [6.07, 6.45) is 3.96. The molecule has 3 aromatic rings. The minimum absolute atomic E-state index is 0.257. The van der Waals surface area contributed by atoms with Crippen molar-refractivity contribution in [1.82, 2.24) is 15.0 Å². The molecular formula is C23H25N5O2. The first-order valence-corrected chi connectivity index (χ1v) is 10.2. The first kappa shape index (κ1) is 19.8. The van der Waals surface area contributed by atoms with E-state index in [9.17, 15) is 4.79 Å². The van der Waals surface area contributed by atoms with Crippen LogP contribution in [0.1, 0.15) is 17.5 Å². The van der Waals surface area contributed by atoms with E-state index in [2.05, 4.69) is 44.5 Å². The van der Waals surface area contributed by atoms with Crippen LogP contribution >= 0.6 is 0 Å². The monoisotopic (exact) mass is 403 g/mol. The van der Waals surface area contributed by atoms with Crippen molar-refractivity contribution in [2.45, 2.75) is 19.3 Å². The summed E-state index contributed by atoms with van der Waals surface area (Å²) in [7, 11) is 1.39. The van der Waals surface area contributed by atoms with Gasteiger partial charge in [-0.3, -0.25) is 9.78 Å². The van der Waals surface area contributed by atoms with Crippen molar-refractivity contribution in [2.75, 3.05) is 37.0 Å². The van der Waals surface area contributed by atoms with Gasteiger partial charge in [0, 0.05) is 31.9 Å². The molecule has 0 bridgehead atoms. The van der Waals surface area contributed by atoms with Gasteiger partial charge < -0.3 is 15.0 Å². The normalized spacial score (nSPS) is 13.3. The molecule has 0 saturated heterocycles. The van der Waals surface area contributed by atoms with E-state index in [-0.39, 0.29) is 12.4 Å². The summed E-state index contributed by atoms with van der Waals surface area (Å²) >= 11 is 0. The van der Waals surface area contributed by atoms with Crippen LogP contribution in [-0.2, 0) is 22.4 Å². The van der Waals surface area contributed by atoms with Gasteiger partial charge in [-0.1, -0.05) is 30.3 Å². The second-order valence-corrected chi connectivity index (χ2v) is 7.16. The lowest BCUT2D eigenvalue weighted by molar-refractivity contribution is -0.140. The quantitative estimate of drug-likeness (QED) is 0.634. The van der Waals surface area contributed by atoms with Gasteiger partial charge in [0.2, 0.25) is 0 Å². The highest BCUT2D eigenvalue weighted by atomic mass is 16.5. The number of ether oxygens (including phenoxy) is 1. The topological polar surface area (TPSA) is 80.2 Å². The average molecular weight is 403 g/mol. The molecule has 0 spiro atoms. The number of hydrogen-bond donors (Lipinski definition) is 1. The number of rotatable bonds is 6. The molecule has 0 atom stereocenters. The summed E-state index contributed by atoms with van der Waals surface area (Å²) in [5, 5.41) is 3.23. The van der Waals surface area contributed by atoms with E-state index >= 15 is 0 Å². The van der Waals surface area contributed by atoms with Crippen molar-refractivity contribution in [3.8, 4) is 11.5 Å². The molecule has 0 amide bonds. The molecule has 1 aliphatic heterocycles. The first-order chi connectivity index (χ1) is 14.7. The Kier molecular flexibility index (Phi) is 6.17. The maximum atomic E-state index is 11.4. The average Bonchev–Trinajstić information content (AvgIpc) is 3.02. The zero-order chi connectivity index (χ0) is 20.8. The molecule has 154 valence electrons. The lowest BCUT2D eigenvalue weighted by Crippen LogP contribution is -2.27. The molecule has 0 aliphatic carbocycles. The number of fused-ring (bicyclic) bond motifs is 1. The van der Waals surface area contributed by atoms with Gasteiger partial charge >= 0.3 is 5.97 Å². The number of hydrogen-bond acceptors (Lipinski definition) is 7. The number of anilines is 2. The molecule has 7 heteroatoms. The highest BCUT2D eigenvalue weighted by Gasteiger charge is 2.17. The molecule has 2 aromatic heterocycles. The second-order valence-electron chi connectivity index (χ2n) is 7.16. The van der Waals surface area contributed by atoms with Crippen LogP contribution in [0.15, 0.2) is 54.7 Å². The van der Waals surface area contributed by atoms with Gasteiger partial charge in [-0.2, -0.15) is 0 Å². The molecule has 0 saturated carbocycles. The number of esters is 1. The zero-order valence-corrected chi connectivity index (χ0v) is 17.0. The maximum absolute atomic E-state index is 11.4. The van der Waals surface area contributed by atoms with Crippen molar-refractivity contribution < 1.29 is 9.53 Å². The number of pyridine rings is 1.